The van der Waals surface area contributed by atoms with Crippen LogP contribution in [0.5, 0.6) is 0 Å². The molecule has 11 rings (SSSR count). The summed E-state index contributed by atoms with van der Waals surface area (Å²) in [5.74, 6) is 0. The summed E-state index contributed by atoms with van der Waals surface area (Å²) in [5.41, 5.74) is 5.58. The van der Waals surface area contributed by atoms with Crippen molar-refractivity contribution in [1.29, 1.82) is 0 Å². The van der Waals surface area contributed by atoms with Crippen LogP contribution in [0.4, 0.5) is 0 Å². The fourth-order valence-electron chi connectivity index (χ4n) is 9.56. The lowest BCUT2D eigenvalue weighted by molar-refractivity contribution is 1.34. The predicted octanol–water partition coefficient (Wildman–Crippen LogP) is 11.9. The fourth-order valence-corrected chi connectivity index (χ4v) is 9.56. The topological polar surface area (TPSA) is 0 Å². The van der Waals surface area contributed by atoms with Crippen molar-refractivity contribution in [1.82, 2.24) is 0 Å². The molecule has 0 amide bonds. The van der Waals surface area contributed by atoms with Crippen molar-refractivity contribution in [2.45, 2.75) is 27.7 Å². The van der Waals surface area contributed by atoms with Crippen molar-refractivity contribution in [3.63, 3.8) is 0 Å². The van der Waals surface area contributed by atoms with Gasteiger partial charge in [-0.2, -0.15) is 0 Å². The third-order valence-electron chi connectivity index (χ3n) is 11.4. The molecule has 0 heterocycles. The van der Waals surface area contributed by atoms with E-state index < -0.39 is 0 Å². The molecule has 1 aliphatic rings. The summed E-state index contributed by atoms with van der Waals surface area (Å²) in [4.78, 5) is 0. The summed E-state index contributed by atoms with van der Waals surface area (Å²) in [6, 6.07) is 37.2. The van der Waals surface area contributed by atoms with Gasteiger partial charge in [-0.3, -0.25) is 0 Å². The highest BCUT2D eigenvalue weighted by Gasteiger charge is 2.22. The lowest BCUT2D eigenvalue weighted by atomic mass is 9.92. The van der Waals surface area contributed by atoms with E-state index in [2.05, 4.69) is 125 Å². The van der Waals surface area contributed by atoms with Crippen molar-refractivity contribution in [3.8, 4) is 0 Å². The Hall–Kier alpha value is -5.20. The maximum Gasteiger partial charge on any atom is -0.00137 e. The van der Waals surface area contributed by atoms with Gasteiger partial charge in [-0.25, -0.2) is 0 Å². The molecule has 0 bridgehead atoms. The number of aryl methyl sites for hydroxylation is 4. The molecule has 0 unspecified atom stereocenters. The molecule has 44 heavy (non-hydrogen) atoms. The molecule has 0 saturated carbocycles. The standard InChI is InChI=1S/C44H28/c1-21-26-11-5-6-12-27(26)22(2)39-33-18-16-29-37-20-35-24(4)41-31-14-8-10-25-9-7-13-30(42(25)31)40(41)23(3)34(35)19-36(37)28-15-17-32(38(21)39)44(33)43(28)29/h5-20H,1-4H3. The van der Waals surface area contributed by atoms with Crippen LogP contribution in [-0.2, 0) is 0 Å². The van der Waals surface area contributed by atoms with E-state index in [1.807, 2.05) is 0 Å². The van der Waals surface area contributed by atoms with E-state index in [9.17, 15) is 0 Å². The summed E-state index contributed by atoms with van der Waals surface area (Å²) >= 11 is 0. The van der Waals surface area contributed by atoms with E-state index in [1.165, 1.54) is 129 Å². The molecule has 0 spiro atoms. The summed E-state index contributed by atoms with van der Waals surface area (Å²) in [6.07, 6.45) is 0. The summed E-state index contributed by atoms with van der Waals surface area (Å²) in [7, 11) is 0. The van der Waals surface area contributed by atoms with Gasteiger partial charge in [0.15, 0.2) is 0 Å². The largest absolute Gasteiger partial charge is 0.0616 e. The highest BCUT2D eigenvalue weighted by atomic mass is 14.2. The molecule has 0 N–H and O–H groups in total. The van der Waals surface area contributed by atoms with E-state index in [0.717, 1.165) is 0 Å². The van der Waals surface area contributed by atoms with Crippen LogP contribution in [0.15, 0.2) is 97.1 Å². The number of hydrogen-bond donors (Lipinski definition) is 0. The molecule has 0 saturated heterocycles. The molecule has 0 fully saturated rings. The van der Waals surface area contributed by atoms with Gasteiger partial charge < -0.3 is 0 Å². The Morgan fingerprint density at radius 3 is 1.27 bits per heavy atom. The average Bonchev–Trinajstić information content (AvgIpc) is 3.69. The molecule has 0 aliphatic heterocycles. The lowest BCUT2D eigenvalue weighted by Gasteiger charge is -2.11. The number of benzene rings is 8. The van der Waals surface area contributed by atoms with Crippen LogP contribution in [-0.4, -0.2) is 0 Å². The Kier molecular flexibility index (Phi) is 3.95. The molecule has 204 valence electrons. The quantitative estimate of drug-likeness (QED) is 0.174. The molecule has 0 heteroatoms. The van der Waals surface area contributed by atoms with Crippen LogP contribution in [0, 0.1) is 48.6 Å². The summed E-state index contributed by atoms with van der Waals surface area (Å²) < 4.78 is 0. The Morgan fingerprint density at radius 1 is 0.295 bits per heavy atom. The van der Waals surface area contributed by atoms with Gasteiger partial charge in [-0.05, 0) is 169 Å². The first kappa shape index (κ1) is 23.3. The molecular formula is C44H28. The van der Waals surface area contributed by atoms with E-state index in [4.69, 9.17) is 0 Å². The van der Waals surface area contributed by atoms with Crippen LogP contribution in [0.3, 0.4) is 0 Å². The molecule has 10 aromatic carbocycles. The molecule has 0 aromatic heterocycles. The van der Waals surface area contributed by atoms with Crippen LogP contribution in [0.1, 0.15) is 22.3 Å². The van der Waals surface area contributed by atoms with Crippen LogP contribution < -0.4 is 0 Å². The van der Waals surface area contributed by atoms with Crippen LogP contribution in [0.2, 0.25) is 0 Å². The second kappa shape index (κ2) is 7.47. The Balaban J connectivity index is 1.37. The maximum absolute atomic E-state index is 2.51. The van der Waals surface area contributed by atoms with E-state index in [1.54, 1.807) is 0 Å². The second-order valence-corrected chi connectivity index (χ2v) is 13.3. The van der Waals surface area contributed by atoms with Gasteiger partial charge in [-0.1, -0.05) is 84.9 Å². The number of fused-ring (bicyclic) bond motifs is 9. The van der Waals surface area contributed by atoms with Crippen LogP contribution in [0.25, 0.3) is 86.2 Å². The van der Waals surface area contributed by atoms with E-state index in [-0.39, 0.29) is 0 Å². The van der Waals surface area contributed by atoms with Crippen molar-refractivity contribution >= 4 is 86.2 Å². The lowest BCUT2D eigenvalue weighted by Crippen LogP contribution is -1.89. The third-order valence-corrected chi connectivity index (χ3v) is 11.4. The minimum Gasteiger partial charge on any atom is -0.0616 e. The normalized spacial score (nSPS) is 13.0. The number of hydrogen-bond acceptors (Lipinski definition) is 0. The minimum atomic E-state index is 1.33. The summed E-state index contributed by atoms with van der Waals surface area (Å²) in [6.45, 7) is 9.32. The van der Waals surface area contributed by atoms with Crippen molar-refractivity contribution in [2.75, 3.05) is 0 Å². The van der Waals surface area contributed by atoms with Gasteiger partial charge in [0.2, 0.25) is 0 Å². The molecule has 0 atom stereocenters. The highest BCUT2D eigenvalue weighted by molar-refractivity contribution is 6.36. The molecule has 1 aliphatic carbocycles. The van der Waals surface area contributed by atoms with Gasteiger partial charge >= 0.3 is 0 Å². The Labute approximate surface area is 253 Å². The average molecular weight is 557 g/mol. The molecule has 10 aromatic rings. The Morgan fingerprint density at radius 2 is 0.773 bits per heavy atom. The Bertz CT molecular complexity index is 2970. The first-order valence-corrected chi connectivity index (χ1v) is 15.8. The van der Waals surface area contributed by atoms with Crippen molar-refractivity contribution in [3.05, 3.63) is 140 Å². The van der Waals surface area contributed by atoms with E-state index in [0.29, 0.717) is 0 Å². The van der Waals surface area contributed by atoms with Gasteiger partial charge in [0.1, 0.15) is 0 Å². The van der Waals surface area contributed by atoms with E-state index >= 15 is 0 Å². The van der Waals surface area contributed by atoms with Gasteiger partial charge in [0, 0.05) is 0 Å². The highest BCUT2D eigenvalue weighted by Crippen LogP contribution is 2.48. The van der Waals surface area contributed by atoms with Gasteiger partial charge in [-0.15, -0.1) is 0 Å². The first-order chi connectivity index (χ1) is 21.5. The minimum absolute atomic E-state index is 1.33. The fraction of sp³-hybridized carbons (Fsp3) is 0.0909. The molecule has 0 nitrogen and oxygen atoms in total. The molecular weight excluding hydrogens is 528 g/mol. The van der Waals surface area contributed by atoms with Crippen molar-refractivity contribution < 1.29 is 0 Å². The smallest absolute Gasteiger partial charge is 0.00137 e. The zero-order chi connectivity index (χ0) is 29.2. The van der Waals surface area contributed by atoms with Crippen LogP contribution >= 0.6 is 0 Å². The second-order valence-electron chi connectivity index (χ2n) is 13.3. The van der Waals surface area contributed by atoms with Gasteiger partial charge in [0.25, 0.3) is 0 Å². The SMILES string of the molecule is Cc1c2c(c(C)c3ccccc13)=c1ccc3c4cc5c(C)c6c7cccc8cccc(c6c(C)c5cc4c4ccc=2c1c43)c87. The zero-order valence-electron chi connectivity index (χ0n) is 25.2. The first-order valence-electron chi connectivity index (χ1n) is 15.8. The molecule has 0 radical (unpaired) electrons. The van der Waals surface area contributed by atoms with Gasteiger partial charge in [0.05, 0.1) is 0 Å². The summed E-state index contributed by atoms with van der Waals surface area (Å²) in [5, 5.41) is 27.9. The number of rotatable bonds is 0. The third kappa shape index (κ3) is 2.41. The monoisotopic (exact) mass is 556 g/mol. The maximum atomic E-state index is 2.51. The predicted molar refractivity (Wildman–Crippen MR) is 190 cm³/mol. The van der Waals surface area contributed by atoms with Crippen molar-refractivity contribution in [2.24, 2.45) is 0 Å². The zero-order valence-corrected chi connectivity index (χ0v) is 25.2.